The highest BCUT2D eigenvalue weighted by Crippen LogP contribution is 2.31. The van der Waals surface area contributed by atoms with Crippen molar-refractivity contribution in [2.75, 3.05) is 13.1 Å². The molecule has 1 saturated heterocycles. The number of halogens is 3. The van der Waals surface area contributed by atoms with E-state index >= 15 is 0 Å². The van der Waals surface area contributed by atoms with Gasteiger partial charge in [0, 0.05) is 24.7 Å². The predicted molar refractivity (Wildman–Crippen MR) is 115 cm³/mol. The highest BCUT2D eigenvalue weighted by molar-refractivity contribution is 5.96. The van der Waals surface area contributed by atoms with Gasteiger partial charge in [0.05, 0.1) is 11.6 Å². The minimum Gasteiger partial charge on any atom is -0.335 e. The summed E-state index contributed by atoms with van der Waals surface area (Å²) in [5.41, 5.74) is -0.416. The van der Waals surface area contributed by atoms with Crippen molar-refractivity contribution in [3.05, 3.63) is 29.7 Å². The summed E-state index contributed by atoms with van der Waals surface area (Å²) in [6, 6.07) is 1.36. The van der Waals surface area contributed by atoms with Crippen molar-refractivity contribution in [2.45, 2.75) is 76.0 Å². The van der Waals surface area contributed by atoms with E-state index in [4.69, 9.17) is 0 Å². The number of urea groups is 1. The molecule has 0 bridgehead atoms. The molecular formula is C22H29F3N6O2. The number of imide groups is 1. The normalized spacial score (nSPS) is 21.6. The number of hydrogen-bond acceptors (Lipinski definition) is 5. The zero-order chi connectivity index (χ0) is 23.6. The van der Waals surface area contributed by atoms with Gasteiger partial charge in [-0.1, -0.05) is 19.3 Å². The summed E-state index contributed by atoms with van der Waals surface area (Å²) in [5, 5.41) is 13.5. The number of carbonyl (C=O) groups is 2. The number of piperidine rings is 1. The van der Waals surface area contributed by atoms with Gasteiger partial charge >= 0.3 is 12.2 Å². The molecule has 0 unspecified atom stereocenters. The van der Waals surface area contributed by atoms with Crippen LogP contribution in [0.2, 0.25) is 0 Å². The summed E-state index contributed by atoms with van der Waals surface area (Å²) < 4.78 is 40.9. The molecule has 180 valence electrons. The Kier molecular flexibility index (Phi) is 6.87. The highest BCUT2D eigenvalue weighted by Gasteiger charge is 2.34. The molecule has 2 N–H and O–H groups in total. The van der Waals surface area contributed by atoms with E-state index < -0.39 is 29.7 Å². The van der Waals surface area contributed by atoms with Crippen LogP contribution in [-0.4, -0.2) is 56.6 Å². The van der Waals surface area contributed by atoms with E-state index in [-0.39, 0.29) is 12.0 Å². The number of nitrogens with zero attached hydrogens (tertiary/aromatic N) is 4. The van der Waals surface area contributed by atoms with Gasteiger partial charge in [-0.25, -0.2) is 4.79 Å². The number of fused-ring (bicyclic) bond motifs is 1. The van der Waals surface area contributed by atoms with E-state index in [1.165, 1.54) is 16.9 Å². The highest BCUT2D eigenvalue weighted by atomic mass is 19.4. The molecule has 0 spiro atoms. The van der Waals surface area contributed by atoms with Crippen LogP contribution in [-0.2, 0) is 11.0 Å². The minimum absolute atomic E-state index is 0.101. The van der Waals surface area contributed by atoms with Gasteiger partial charge in [-0.05, 0) is 51.3 Å². The average Bonchev–Trinajstić information content (AvgIpc) is 3.22. The number of hydrogen-bond donors (Lipinski definition) is 2. The molecule has 11 heteroatoms. The zero-order valence-corrected chi connectivity index (χ0v) is 18.6. The molecule has 2 fully saturated rings. The van der Waals surface area contributed by atoms with Crippen LogP contribution in [0.3, 0.4) is 0 Å². The first-order valence-corrected chi connectivity index (χ1v) is 11.5. The molecule has 0 radical (unpaired) electrons. The molecule has 2 aromatic rings. The number of alkyl halides is 3. The molecule has 8 nitrogen and oxygen atoms in total. The molecule has 1 aliphatic heterocycles. The molecule has 3 heterocycles. The number of aromatic nitrogens is 3. The molecule has 1 aliphatic carbocycles. The first-order chi connectivity index (χ1) is 15.7. The average molecular weight is 467 g/mol. The van der Waals surface area contributed by atoms with Gasteiger partial charge in [0.1, 0.15) is 5.82 Å². The Morgan fingerprint density at radius 1 is 1.09 bits per heavy atom. The largest absolute Gasteiger partial charge is 0.417 e. The number of nitrogens with one attached hydrogen (secondary N) is 2. The van der Waals surface area contributed by atoms with Crippen molar-refractivity contribution in [3.63, 3.8) is 0 Å². The van der Waals surface area contributed by atoms with Gasteiger partial charge in [-0.15, -0.1) is 10.2 Å². The predicted octanol–water partition coefficient (Wildman–Crippen LogP) is 3.47. The van der Waals surface area contributed by atoms with Crippen molar-refractivity contribution in [1.82, 2.24) is 30.1 Å². The summed E-state index contributed by atoms with van der Waals surface area (Å²) in [6.07, 6.45) is 3.22. The van der Waals surface area contributed by atoms with Gasteiger partial charge in [-0.3, -0.25) is 19.4 Å². The summed E-state index contributed by atoms with van der Waals surface area (Å²) >= 11 is 0. The second-order valence-corrected chi connectivity index (χ2v) is 9.01. The zero-order valence-electron chi connectivity index (χ0n) is 18.6. The molecule has 0 aromatic carbocycles. The smallest absolute Gasteiger partial charge is 0.335 e. The maximum Gasteiger partial charge on any atom is 0.417 e. The fourth-order valence-corrected chi connectivity index (χ4v) is 4.77. The van der Waals surface area contributed by atoms with E-state index in [0.29, 0.717) is 24.6 Å². The number of rotatable bonds is 4. The number of carbonyl (C=O) groups excluding carboxylic acids is 2. The monoisotopic (exact) mass is 466 g/mol. The second kappa shape index (κ2) is 9.66. The Hall–Kier alpha value is -2.69. The molecule has 3 amide bonds. The quantitative estimate of drug-likeness (QED) is 0.720. The lowest BCUT2D eigenvalue weighted by molar-refractivity contribution is -0.137. The summed E-state index contributed by atoms with van der Waals surface area (Å²) in [7, 11) is 0. The first kappa shape index (κ1) is 23.5. The van der Waals surface area contributed by atoms with Gasteiger partial charge in [0.25, 0.3) is 0 Å². The Morgan fingerprint density at radius 3 is 2.58 bits per heavy atom. The van der Waals surface area contributed by atoms with Crippen LogP contribution in [0.1, 0.15) is 69.2 Å². The van der Waals surface area contributed by atoms with Gasteiger partial charge in [-0.2, -0.15) is 13.2 Å². The van der Waals surface area contributed by atoms with Gasteiger partial charge < -0.3 is 5.32 Å². The molecule has 1 saturated carbocycles. The third-order valence-corrected chi connectivity index (χ3v) is 6.68. The fraction of sp³-hybridized carbons (Fsp3) is 0.636. The maximum atomic E-state index is 13.2. The van der Waals surface area contributed by atoms with Crippen LogP contribution in [0.25, 0.3) is 5.65 Å². The lowest BCUT2D eigenvalue weighted by Crippen LogP contribution is -2.53. The molecule has 33 heavy (non-hydrogen) atoms. The molecule has 2 aliphatic rings. The maximum absolute atomic E-state index is 13.2. The van der Waals surface area contributed by atoms with Crippen LogP contribution in [0.5, 0.6) is 0 Å². The Balaban J connectivity index is 1.40. The van der Waals surface area contributed by atoms with Crippen molar-refractivity contribution < 1.29 is 22.8 Å². The van der Waals surface area contributed by atoms with E-state index in [1.54, 1.807) is 6.92 Å². The van der Waals surface area contributed by atoms with Crippen LogP contribution in [0, 0.1) is 0 Å². The van der Waals surface area contributed by atoms with E-state index in [1.807, 2.05) is 4.90 Å². The Labute approximate surface area is 189 Å². The molecular weight excluding hydrogens is 437 g/mol. The summed E-state index contributed by atoms with van der Waals surface area (Å²) in [5.74, 6) is -0.124. The van der Waals surface area contributed by atoms with E-state index in [2.05, 4.69) is 20.8 Å². The van der Waals surface area contributed by atoms with Crippen LogP contribution < -0.4 is 10.6 Å². The number of likely N-dealkylation sites (tertiary alicyclic amines) is 1. The Morgan fingerprint density at radius 2 is 1.85 bits per heavy atom. The van der Waals surface area contributed by atoms with Crippen molar-refractivity contribution in [2.24, 2.45) is 0 Å². The standard InChI is InChI=1S/C22H29F3N6O2/c1-14(20(32)27-21(33)26-17-7-3-2-4-8-17)30-11-5-6-15(12-30)19-29-28-18-10-9-16(13-31(18)19)22(23,24)25/h9-10,13-15,17H,2-8,11-12H2,1H3,(H2,26,27,32,33)/t14-,15-/m0/s1. The van der Waals surface area contributed by atoms with E-state index in [9.17, 15) is 22.8 Å². The number of amides is 3. The summed E-state index contributed by atoms with van der Waals surface area (Å²) in [4.78, 5) is 26.9. The van der Waals surface area contributed by atoms with Crippen molar-refractivity contribution >= 4 is 17.6 Å². The second-order valence-electron chi connectivity index (χ2n) is 9.01. The lowest BCUT2D eigenvalue weighted by atomic mass is 9.95. The Bertz CT molecular complexity index is 1000. The van der Waals surface area contributed by atoms with Crippen LogP contribution in [0.4, 0.5) is 18.0 Å². The SMILES string of the molecule is C[C@@H](C(=O)NC(=O)NC1CCCCC1)N1CCC[C@H](c2nnc3ccc(C(F)(F)F)cn23)C1. The third kappa shape index (κ3) is 5.45. The van der Waals surface area contributed by atoms with Crippen molar-refractivity contribution in [1.29, 1.82) is 0 Å². The molecule has 2 aromatic heterocycles. The van der Waals surface area contributed by atoms with Crippen LogP contribution >= 0.6 is 0 Å². The third-order valence-electron chi connectivity index (χ3n) is 6.68. The van der Waals surface area contributed by atoms with Crippen molar-refractivity contribution in [3.8, 4) is 0 Å². The van der Waals surface area contributed by atoms with Gasteiger partial charge in [0.2, 0.25) is 5.91 Å². The lowest BCUT2D eigenvalue weighted by Gasteiger charge is -2.35. The van der Waals surface area contributed by atoms with Gasteiger partial charge in [0.15, 0.2) is 5.65 Å². The fourth-order valence-electron chi connectivity index (χ4n) is 4.77. The van der Waals surface area contributed by atoms with E-state index in [0.717, 1.165) is 50.8 Å². The summed E-state index contributed by atoms with van der Waals surface area (Å²) in [6.45, 7) is 2.82. The first-order valence-electron chi connectivity index (χ1n) is 11.5. The minimum atomic E-state index is -4.46. The van der Waals surface area contributed by atoms with Crippen LogP contribution in [0.15, 0.2) is 18.3 Å². The molecule has 4 rings (SSSR count). The topological polar surface area (TPSA) is 91.6 Å². The number of pyridine rings is 1. The molecule has 2 atom stereocenters.